The van der Waals surface area contributed by atoms with Crippen LogP contribution in [0.5, 0.6) is 0 Å². The molecule has 6 nitrogen and oxygen atoms in total. The van der Waals surface area contributed by atoms with Gasteiger partial charge in [-0.05, 0) is 26.0 Å². The molecule has 2 fully saturated rings. The van der Waals surface area contributed by atoms with Crippen LogP contribution in [0.4, 0.5) is 0 Å². The molecule has 0 spiro atoms. The smallest absolute Gasteiger partial charge is 0.194 e. The Hall–Kier alpha value is -1.63. The topological polar surface area (TPSA) is 37.4 Å². The minimum absolute atomic E-state index is 0.502. The number of likely N-dealkylation sites (N-methyl/N-ethyl adjacent to an activating group) is 1. The van der Waals surface area contributed by atoms with Crippen molar-refractivity contribution in [3.63, 3.8) is 0 Å². The van der Waals surface area contributed by atoms with Crippen LogP contribution in [-0.4, -0.2) is 104 Å². The highest BCUT2D eigenvalue weighted by molar-refractivity contribution is 5.80. The molecule has 162 valence electrons. The van der Waals surface area contributed by atoms with E-state index < -0.39 is 0 Å². The molecular formula is C23H40N6. The Bertz CT molecular complexity index is 603. The first-order chi connectivity index (χ1) is 14.2. The van der Waals surface area contributed by atoms with Crippen molar-refractivity contribution in [2.75, 3.05) is 72.0 Å². The number of guanidine groups is 1. The van der Waals surface area contributed by atoms with E-state index >= 15 is 0 Å². The summed E-state index contributed by atoms with van der Waals surface area (Å²) in [6.45, 7) is 19.7. The Morgan fingerprint density at radius 2 is 1.59 bits per heavy atom. The molecule has 0 amide bonds. The average molecular weight is 401 g/mol. The maximum atomic E-state index is 5.02. The lowest BCUT2D eigenvalue weighted by Gasteiger charge is -2.38. The van der Waals surface area contributed by atoms with E-state index in [1.807, 2.05) is 0 Å². The van der Waals surface area contributed by atoms with Crippen molar-refractivity contribution in [1.82, 2.24) is 24.9 Å². The maximum Gasteiger partial charge on any atom is 0.194 e. The van der Waals surface area contributed by atoms with Gasteiger partial charge in [-0.1, -0.05) is 37.3 Å². The highest BCUT2D eigenvalue weighted by Gasteiger charge is 2.22. The van der Waals surface area contributed by atoms with Crippen molar-refractivity contribution in [2.24, 2.45) is 4.99 Å². The van der Waals surface area contributed by atoms with Gasteiger partial charge in [0.1, 0.15) is 0 Å². The molecule has 1 atom stereocenters. The number of aliphatic imine (C=N–C) groups is 1. The molecule has 1 unspecified atom stereocenters. The summed E-state index contributed by atoms with van der Waals surface area (Å²) < 4.78 is 0. The average Bonchev–Trinajstić information content (AvgIpc) is 2.78. The molecule has 1 N–H and O–H groups in total. The molecule has 2 aliphatic heterocycles. The highest BCUT2D eigenvalue weighted by Crippen LogP contribution is 2.10. The third kappa shape index (κ3) is 6.69. The first kappa shape index (κ1) is 22.1. The molecule has 2 saturated heterocycles. The third-order valence-electron chi connectivity index (χ3n) is 6.24. The van der Waals surface area contributed by atoms with E-state index in [1.54, 1.807) is 0 Å². The van der Waals surface area contributed by atoms with Crippen LogP contribution in [0, 0.1) is 0 Å². The number of piperazine rings is 2. The van der Waals surface area contributed by atoms with E-state index in [2.05, 4.69) is 76.0 Å². The maximum absolute atomic E-state index is 5.02. The molecule has 0 radical (unpaired) electrons. The van der Waals surface area contributed by atoms with E-state index in [-0.39, 0.29) is 0 Å². The van der Waals surface area contributed by atoms with Gasteiger partial charge in [-0.25, -0.2) is 0 Å². The molecule has 0 bridgehead atoms. The molecule has 1 aromatic rings. The molecule has 0 aromatic heterocycles. The monoisotopic (exact) mass is 400 g/mol. The van der Waals surface area contributed by atoms with E-state index in [0.29, 0.717) is 6.04 Å². The molecular weight excluding hydrogens is 360 g/mol. The first-order valence-electron chi connectivity index (χ1n) is 11.5. The van der Waals surface area contributed by atoms with E-state index in [9.17, 15) is 0 Å². The summed E-state index contributed by atoms with van der Waals surface area (Å²) in [5.41, 5.74) is 1.40. The fourth-order valence-corrected chi connectivity index (χ4v) is 4.24. The van der Waals surface area contributed by atoms with Crippen molar-refractivity contribution < 1.29 is 0 Å². The van der Waals surface area contributed by atoms with Gasteiger partial charge >= 0.3 is 0 Å². The standard InChI is InChI=1S/C23H40N6/c1-4-24-23(25-19-21(3)28-15-11-26(5-2)12-16-28)29-17-13-27(14-18-29)20-22-9-7-6-8-10-22/h6-10,21H,4-5,11-20H2,1-3H3,(H,24,25). The fraction of sp³-hybridized carbons (Fsp3) is 0.696. The normalized spacial score (nSPS) is 21.3. The van der Waals surface area contributed by atoms with Gasteiger partial charge in [0.25, 0.3) is 0 Å². The van der Waals surface area contributed by atoms with Crippen molar-refractivity contribution in [3.05, 3.63) is 35.9 Å². The Balaban J connectivity index is 1.48. The van der Waals surface area contributed by atoms with Gasteiger partial charge in [-0.2, -0.15) is 0 Å². The molecule has 2 heterocycles. The summed E-state index contributed by atoms with van der Waals surface area (Å²) >= 11 is 0. The number of hydrogen-bond acceptors (Lipinski definition) is 4. The fourth-order valence-electron chi connectivity index (χ4n) is 4.24. The van der Waals surface area contributed by atoms with Crippen LogP contribution in [-0.2, 0) is 6.54 Å². The Morgan fingerprint density at radius 3 is 2.21 bits per heavy atom. The van der Waals surface area contributed by atoms with Crippen LogP contribution in [0.2, 0.25) is 0 Å². The molecule has 0 aliphatic carbocycles. The SMILES string of the molecule is CCNC(=NCC(C)N1CCN(CC)CC1)N1CCN(Cc2ccccc2)CC1. The van der Waals surface area contributed by atoms with Gasteiger partial charge < -0.3 is 15.1 Å². The predicted molar refractivity (Wildman–Crippen MR) is 122 cm³/mol. The largest absolute Gasteiger partial charge is 0.357 e. The van der Waals surface area contributed by atoms with Gasteiger partial charge in [0.2, 0.25) is 0 Å². The molecule has 3 rings (SSSR count). The number of hydrogen-bond donors (Lipinski definition) is 1. The number of benzene rings is 1. The minimum Gasteiger partial charge on any atom is -0.357 e. The Labute approximate surface area is 177 Å². The molecule has 1 aromatic carbocycles. The summed E-state index contributed by atoms with van der Waals surface area (Å²) in [6, 6.07) is 11.3. The second kappa shape index (κ2) is 11.5. The highest BCUT2D eigenvalue weighted by atomic mass is 15.4. The molecule has 29 heavy (non-hydrogen) atoms. The van der Waals surface area contributed by atoms with Gasteiger partial charge in [0.15, 0.2) is 5.96 Å². The third-order valence-corrected chi connectivity index (χ3v) is 6.24. The van der Waals surface area contributed by atoms with Crippen molar-refractivity contribution in [2.45, 2.75) is 33.4 Å². The van der Waals surface area contributed by atoms with Crippen LogP contribution >= 0.6 is 0 Å². The summed E-state index contributed by atoms with van der Waals surface area (Å²) in [6.07, 6.45) is 0. The van der Waals surface area contributed by atoms with Crippen molar-refractivity contribution >= 4 is 5.96 Å². The quantitative estimate of drug-likeness (QED) is 0.558. The van der Waals surface area contributed by atoms with Crippen molar-refractivity contribution in [1.29, 1.82) is 0 Å². The lowest BCUT2D eigenvalue weighted by Crippen LogP contribution is -2.53. The van der Waals surface area contributed by atoms with Crippen LogP contribution < -0.4 is 5.32 Å². The van der Waals surface area contributed by atoms with Gasteiger partial charge in [-0.3, -0.25) is 14.8 Å². The first-order valence-corrected chi connectivity index (χ1v) is 11.5. The Kier molecular flexibility index (Phi) is 8.77. The van der Waals surface area contributed by atoms with Gasteiger partial charge in [0, 0.05) is 71.5 Å². The number of rotatable bonds is 7. The van der Waals surface area contributed by atoms with E-state index in [0.717, 1.165) is 51.8 Å². The lowest BCUT2D eigenvalue weighted by molar-refractivity contribution is 0.108. The zero-order valence-electron chi connectivity index (χ0n) is 18.7. The van der Waals surface area contributed by atoms with Crippen LogP contribution in [0.15, 0.2) is 35.3 Å². The zero-order chi connectivity index (χ0) is 20.5. The van der Waals surface area contributed by atoms with Crippen LogP contribution in [0.1, 0.15) is 26.3 Å². The van der Waals surface area contributed by atoms with Crippen LogP contribution in [0.3, 0.4) is 0 Å². The summed E-state index contributed by atoms with van der Waals surface area (Å²) in [7, 11) is 0. The van der Waals surface area contributed by atoms with E-state index in [1.165, 1.54) is 38.3 Å². The van der Waals surface area contributed by atoms with Gasteiger partial charge in [0.05, 0.1) is 6.54 Å². The lowest BCUT2D eigenvalue weighted by atomic mass is 10.2. The molecule has 0 saturated carbocycles. The predicted octanol–water partition coefficient (Wildman–Crippen LogP) is 1.80. The second-order valence-corrected chi connectivity index (χ2v) is 8.26. The summed E-state index contributed by atoms with van der Waals surface area (Å²) in [5.74, 6) is 1.09. The molecule has 2 aliphatic rings. The van der Waals surface area contributed by atoms with E-state index in [4.69, 9.17) is 4.99 Å². The van der Waals surface area contributed by atoms with Crippen LogP contribution in [0.25, 0.3) is 0 Å². The van der Waals surface area contributed by atoms with Gasteiger partial charge in [-0.15, -0.1) is 0 Å². The number of nitrogens with one attached hydrogen (secondary N) is 1. The summed E-state index contributed by atoms with van der Waals surface area (Å²) in [4.78, 5) is 15.1. The van der Waals surface area contributed by atoms with Crippen molar-refractivity contribution in [3.8, 4) is 0 Å². The second-order valence-electron chi connectivity index (χ2n) is 8.26. The minimum atomic E-state index is 0.502. The zero-order valence-corrected chi connectivity index (χ0v) is 18.7. The molecule has 6 heteroatoms. The summed E-state index contributed by atoms with van der Waals surface area (Å²) in [5, 5.41) is 3.52. The Morgan fingerprint density at radius 1 is 0.931 bits per heavy atom. The number of nitrogens with zero attached hydrogens (tertiary/aromatic N) is 5.